The van der Waals surface area contributed by atoms with Gasteiger partial charge in [0.2, 0.25) is 5.91 Å². The molecule has 0 aromatic carbocycles. The first-order chi connectivity index (χ1) is 16.8. The number of aliphatic hydroxyl groups is 3. The van der Waals surface area contributed by atoms with E-state index in [4.69, 9.17) is 15.9 Å². The second-order valence-electron chi connectivity index (χ2n) is 10.8. The van der Waals surface area contributed by atoms with Gasteiger partial charge in [0.05, 0.1) is 17.4 Å². The van der Waals surface area contributed by atoms with Gasteiger partial charge in [0.15, 0.2) is 0 Å². The SMILES string of the molecule is C#C[C@@H]1C/C=C\C[C@@H](NC(=O)[C@H]2NC[C@@H]3C[C@H](CC(C)C)CCO[C@H]32)[C@H]2O[C@H](S1)[C@H](O)[C@@H](O)[C@H]2O. The van der Waals surface area contributed by atoms with Crippen molar-refractivity contribution in [2.75, 3.05) is 13.2 Å². The number of allylic oxidation sites excluding steroid dienone is 1. The lowest BCUT2D eigenvalue weighted by Gasteiger charge is -2.44. The van der Waals surface area contributed by atoms with Crippen LogP contribution in [0.1, 0.15) is 46.0 Å². The van der Waals surface area contributed by atoms with Gasteiger partial charge in [-0.3, -0.25) is 4.79 Å². The molecular formula is C26H40N2O6S. The minimum Gasteiger partial charge on any atom is -0.388 e. The zero-order chi connectivity index (χ0) is 25.1. The summed E-state index contributed by atoms with van der Waals surface area (Å²) in [6, 6.07) is -1.06. The fraction of sp³-hybridized carbons (Fsp3) is 0.808. The summed E-state index contributed by atoms with van der Waals surface area (Å²) in [6.07, 6.45) is 8.63. The molecule has 0 spiro atoms. The Morgan fingerprint density at radius 1 is 1.20 bits per heavy atom. The number of carbonyl (C=O) groups is 1. The first-order valence-corrected chi connectivity index (χ1v) is 13.8. The average Bonchev–Trinajstić information content (AvgIpc) is 3.11. The van der Waals surface area contributed by atoms with Crippen LogP contribution in [0.2, 0.25) is 0 Å². The molecule has 0 saturated carbocycles. The van der Waals surface area contributed by atoms with E-state index >= 15 is 0 Å². The number of terminal acetylenes is 1. The number of ether oxygens (including phenoxy) is 2. The minimum atomic E-state index is -1.40. The summed E-state index contributed by atoms with van der Waals surface area (Å²) < 4.78 is 12.2. The van der Waals surface area contributed by atoms with Gasteiger partial charge in [-0.05, 0) is 49.9 Å². The second kappa shape index (κ2) is 12.0. The third-order valence-corrected chi connectivity index (χ3v) is 8.99. The molecule has 11 atom stereocenters. The lowest BCUT2D eigenvalue weighted by molar-refractivity contribution is -0.205. The fourth-order valence-corrected chi connectivity index (χ4v) is 7.06. The van der Waals surface area contributed by atoms with Crippen LogP contribution in [0, 0.1) is 30.1 Å². The van der Waals surface area contributed by atoms with Crippen molar-refractivity contribution in [1.29, 1.82) is 0 Å². The molecule has 4 aliphatic rings. The molecule has 3 fully saturated rings. The predicted octanol–water partition coefficient (Wildman–Crippen LogP) is 0.793. The van der Waals surface area contributed by atoms with Gasteiger partial charge in [-0.15, -0.1) is 18.2 Å². The molecule has 0 radical (unpaired) electrons. The number of hydrogen-bond donors (Lipinski definition) is 5. The molecule has 1 amide bonds. The van der Waals surface area contributed by atoms with E-state index in [1.54, 1.807) is 0 Å². The number of hydrogen-bond acceptors (Lipinski definition) is 8. The van der Waals surface area contributed by atoms with Crippen molar-refractivity contribution in [3.63, 3.8) is 0 Å². The maximum absolute atomic E-state index is 13.4. The molecule has 0 unspecified atom stereocenters. The summed E-state index contributed by atoms with van der Waals surface area (Å²) in [5.74, 6) is 4.02. The van der Waals surface area contributed by atoms with Crippen LogP contribution in [0.4, 0.5) is 0 Å². The maximum Gasteiger partial charge on any atom is 0.240 e. The first kappa shape index (κ1) is 26.9. The third-order valence-electron chi connectivity index (χ3n) is 7.67. The average molecular weight is 509 g/mol. The van der Waals surface area contributed by atoms with Crippen molar-refractivity contribution in [3.05, 3.63) is 12.2 Å². The number of thioether (sulfide) groups is 1. The van der Waals surface area contributed by atoms with E-state index in [1.807, 2.05) is 12.2 Å². The summed E-state index contributed by atoms with van der Waals surface area (Å²) in [7, 11) is 0. The van der Waals surface area contributed by atoms with Gasteiger partial charge in [-0.1, -0.05) is 31.9 Å². The second-order valence-corrected chi connectivity index (χ2v) is 12.1. The van der Waals surface area contributed by atoms with Crippen molar-refractivity contribution in [2.24, 2.45) is 17.8 Å². The number of carbonyl (C=O) groups excluding carboxylic acids is 1. The van der Waals surface area contributed by atoms with E-state index in [1.165, 1.54) is 18.2 Å². The molecular weight excluding hydrogens is 468 g/mol. The van der Waals surface area contributed by atoms with E-state index in [-0.39, 0.29) is 23.2 Å². The highest BCUT2D eigenvalue weighted by atomic mass is 32.2. The lowest BCUT2D eigenvalue weighted by atomic mass is 9.85. The van der Waals surface area contributed by atoms with Crippen LogP contribution >= 0.6 is 11.8 Å². The predicted molar refractivity (Wildman–Crippen MR) is 134 cm³/mol. The fourth-order valence-electron chi connectivity index (χ4n) is 5.93. The number of fused-ring (bicyclic) bond motifs is 3. The van der Waals surface area contributed by atoms with Crippen LogP contribution < -0.4 is 10.6 Å². The van der Waals surface area contributed by atoms with Crippen LogP contribution in [0.5, 0.6) is 0 Å². The van der Waals surface area contributed by atoms with Crippen molar-refractivity contribution in [2.45, 2.75) is 99.2 Å². The Morgan fingerprint density at radius 2 is 1.97 bits per heavy atom. The van der Waals surface area contributed by atoms with E-state index in [2.05, 4.69) is 30.4 Å². The molecule has 9 heteroatoms. The van der Waals surface area contributed by atoms with Crippen LogP contribution in [0.15, 0.2) is 12.2 Å². The van der Waals surface area contributed by atoms with Gasteiger partial charge in [-0.2, -0.15) is 0 Å². The summed E-state index contributed by atoms with van der Waals surface area (Å²) in [5.41, 5.74) is -0.803. The van der Waals surface area contributed by atoms with Gasteiger partial charge in [0.1, 0.15) is 35.9 Å². The molecule has 8 nitrogen and oxygen atoms in total. The monoisotopic (exact) mass is 508 g/mol. The van der Waals surface area contributed by atoms with E-state index < -0.39 is 41.9 Å². The normalized spacial score (nSPS) is 45.1. The Morgan fingerprint density at radius 3 is 2.71 bits per heavy atom. The number of aliphatic hydroxyl groups excluding tert-OH is 3. The summed E-state index contributed by atoms with van der Waals surface area (Å²) in [6.45, 7) is 5.88. The number of nitrogens with one attached hydrogen (secondary N) is 2. The Labute approximate surface area is 212 Å². The summed E-state index contributed by atoms with van der Waals surface area (Å²) in [4.78, 5) is 13.4. The topological polar surface area (TPSA) is 120 Å². The van der Waals surface area contributed by atoms with Crippen LogP contribution in [-0.4, -0.2) is 87.7 Å². The third kappa shape index (κ3) is 6.24. The first-order valence-electron chi connectivity index (χ1n) is 12.9. The highest BCUT2D eigenvalue weighted by molar-refractivity contribution is 8.00. The number of rotatable bonds is 4. The van der Waals surface area contributed by atoms with E-state index in [0.29, 0.717) is 31.3 Å². The van der Waals surface area contributed by atoms with Crippen molar-refractivity contribution >= 4 is 17.7 Å². The summed E-state index contributed by atoms with van der Waals surface area (Å²) >= 11 is 1.25. The Hall–Kier alpha value is -1.12. The quantitative estimate of drug-likeness (QED) is 0.279. The smallest absolute Gasteiger partial charge is 0.240 e. The zero-order valence-corrected chi connectivity index (χ0v) is 21.4. The van der Waals surface area contributed by atoms with Gasteiger partial charge in [-0.25, -0.2) is 0 Å². The zero-order valence-electron chi connectivity index (χ0n) is 20.6. The van der Waals surface area contributed by atoms with Gasteiger partial charge in [0.25, 0.3) is 0 Å². The van der Waals surface area contributed by atoms with Gasteiger partial charge in [0, 0.05) is 13.2 Å². The molecule has 0 aliphatic carbocycles. The van der Waals surface area contributed by atoms with E-state index in [0.717, 1.165) is 19.4 Å². The van der Waals surface area contributed by atoms with Crippen molar-refractivity contribution in [3.8, 4) is 12.3 Å². The Bertz CT molecular complexity index is 803. The molecule has 3 saturated heterocycles. The molecule has 4 rings (SSSR count). The number of amides is 1. The van der Waals surface area contributed by atoms with Crippen LogP contribution in [0.25, 0.3) is 0 Å². The van der Waals surface area contributed by atoms with Crippen molar-refractivity contribution < 1.29 is 29.6 Å². The van der Waals surface area contributed by atoms with Crippen molar-refractivity contribution in [1.82, 2.24) is 10.6 Å². The lowest BCUT2D eigenvalue weighted by Crippen LogP contribution is -2.64. The van der Waals surface area contributed by atoms with Gasteiger partial charge >= 0.3 is 0 Å². The minimum absolute atomic E-state index is 0.188. The standard InChI is InChI=1S/C26H40N2O6S/c1-4-17-7-5-6-8-18(24-21(30)20(29)22(31)26(34-24)35-17)28-25(32)19-23-16(13-27-19)12-15(9-10-33-23)11-14(2)3/h1,5-6,14-24,26-27,29-31H,7-13H2,2-3H3,(H,28,32)/b6-5-/t15-,16-,17+,18+,19-,20-,21+,22+,23+,24+,26+/m0/s1. The molecule has 4 heterocycles. The molecule has 35 heavy (non-hydrogen) atoms. The summed E-state index contributed by atoms with van der Waals surface area (Å²) in [5, 5.41) is 37.9. The molecule has 196 valence electrons. The molecule has 5 N–H and O–H groups in total. The molecule has 4 aliphatic heterocycles. The maximum atomic E-state index is 13.4. The molecule has 0 aromatic heterocycles. The molecule has 0 aromatic rings. The Kier molecular flexibility index (Phi) is 9.19. The highest BCUT2D eigenvalue weighted by Gasteiger charge is 2.49. The largest absolute Gasteiger partial charge is 0.388 e. The molecule has 2 bridgehead atoms. The van der Waals surface area contributed by atoms with Crippen LogP contribution in [0.3, 0.4) is 0 Å². The highest BCUT2D eigenvalue weighted by Crippen LogP contribution is 2.36. The van der Waals surface area contributed by atoms with Gasteiger partial charge < -0.3 is 35.4 Å². The van der Waals surface area contributed by atoms with E-state index in [9.17, 15) is 20.1 Å². The Balaban J connectivity index is 1.46. The van der Waals surface area contributed by atoms with Crippen LogP contribution in [-0.2, 0) is 14.3 Å².